The summed E-state index contributed by atoms with van der Waals surface area (Å²) < 4.78 is 3.52. The monoisotopic (exact) mass is 475 g/mol. The number of hydrogen-bond acceptors (Lipinski definition) is 7. The number of amides is 1. The van der Waals surface area contributed by atoms with E-state index in [0.29, 0.717) is 43.2 Å². The van der Waals surface area contributed by atoms with Crippen molar-refractivity contribution >= 4 is 11.6 Å². The molecular formula is C24H29N9O2. The van der Waals surface area contributed by atoms with Crippen LogP contribution in [0, 0.1) is 20.8 Å². The van der Waals surface area contributed by atoms with Crippen LogP contribution >= 0.6 is 0 Å². The highest BCUT2D eigenvalue weighted by atomic mass is 16.2. The van der Waals surface area contributed by atoms with Crippen molar-refractivity contribution in [3.63, 3.8) is 0 Å². The lowest BCUT2D eigenvalue weighted by Crippen LogP contribution is -2.48. The van der Waals surface area contributed by atoms with Gasteiger partial charge in [0.1, 0.15) is 0 Å². The third-order valence-corrected chi connectivity index (χ3v) is 6.63. The van der Waals surface area contributed by atoms with E-state index >= 15 is 0 Å². The van der Waals surface area contributed by atoms with Gasteiger partial charge in [0.15, 0.2) is 17.3 Å². The van der Waals surface area contributed by atoms with E-state index in [4.69, 9.17) is 5.10 Å². The molecule has 5 rings (SSSR count). The van der Waals surface area contributed by atoms with Crippen LogP contribution in [0.25, 0.3) is 11.5 Å². The molecule has 1 saturated heterocycles. The largest absolute Gasteiger partial charge is 0.340 e. The maximum atomic E-state index is 12.9. The summed E-state index contributed by atoms with van der Waals surface area (Å²) in [6.45, 7) is 9.67. The molecular weight excluding hydrogens is 446 g/mol. The Labute approximate surface area is 202 Å². The topological polar surface area (TPSA) is 117 Å². The molecule has 182 valence electrons. The molecule has 1 amide bonds. The Kier molecular flexibility index (Phi) is 6.16. The first-order valence-corrected chi connectivity index (χ1v) is 11.8. The van der Waals surface area contributed by atoms with Gasteiger partial charge in [-0.1, -0.05) is 6.07 Å². The smallest absolute Gasteiger partial charge is 0.247 e. The molecule has 0 spiro atoms. The first-order chi connectivity index (χ1) is 16.9. The molecule has 4 aromatic rings. The zero-order valence-electron chi connectivity index (χ0n) is 20.2. The average molecular weight is 476 g/mol. The molecule has 5 heterocycles. The average Bonchev–Trinajstić information content (AvgIpc) is 3.37. The van der Waals surface area contributed by atoms with Crippen LogP contribution in [-0.4, -0.2) is 76.5 Å². The van der Waals surface area contributed by atoms with Crippen molar-refractivity contribution in [2.45, 2.75) is 40.2 Å². The lowest BCUT2D eigenvalue weighted by Gasteiger charge is -2.34. The fourth-order valence-electron chi connectivity index (χ4n) is 4.60. The molecule has 1 N–H and O–H groups in total. The normalized spacial score (nSPS) is 14.7. The van der Waals surface area contributed by atoms with Gasteiger partial charge < -0.3 is 9.88 Å². The number of rotatable bonds is 6. The van der Waals surface area contributed by atoms with Gasteiger partial charge in [-0.2, -0.15) is 9.61 Å². The number of aromatic nitrogens is 7. The molecule has 1 fully saturated rings. The molecule has 35 heavy (non-hydrogen) atoms. The molecule has 4 aromatic heterocycles. The van der Waals surface area contributed by atoms with Crippen molar-refractivity contribution in [2.24, 2.45) is 0 Å². The van der Waals surface area contributed by atoms with Gasteiger partial charge in [-0.15, -0.1) is 15.3 Å². The van der Waals surface area contributed by atoms with Gasteiger partial charge in [0.25, 0.3) is 0 Å². The predicted molar refractivity (Wildman–Crippen MR) is 129 cm³/mol. The molecule has 0 unspecified atom stereocenters. The van der Waals surface area contributed by atoms with Crippen molar-refractivity contribution in [2.75, 3.05) is 26.2 Å². The van der Waals surface area contributed by atoms with E-state index in [1.165, 1.54) is 0 Å². The second kappa shape index (κ2) is 9.41. The molecule has 11 heteroatoms. The Balaban J connectivity index is 1.19. The molecule has 0 atom stereocenters. The summed E-state index contributed by atoms with van der Waals surface area (Å²) in [5, 5.41) is 17.5. The minimum absolute atomic E-state index is 0.0943. The second-order valence-electron chi connectivity index (χ2n) is 8.99. The van der Waals surface area contributed by atoms with Crippen molar-refractivity contribution < 1.29 is 4.79 Å². The number of aromatic amines is 1. The Hall–Kier alpha value is -3.86. The summed E-state index contributed by atoms with van der Waals surface area (Å²) in [7, 11) is 0. The van der Waals surface area contributed by atoms with Crippen LogP contribution in [-0.2, 0) is 17.8 Å². The first kappa shape index (κ1) is 22.9. The summed E-state index contributed by atoms with van der Waals surface area (Å²) in [6.07, 6.45) is 2.85. The highest BCUT2D eigenvalue weighted by Crippen LogP contribution is 2.19. The van der Waals surface area contributed by atoms with Gasteiger partial charge in [-0.3, -0.25) is 14.5 Å². The number of hydrogen-bond donors (Lipinski definition) is 1. The fourth-order valence-corrected chi connectivity index (χ4v) is 4.60. The van der Waals surface area contributed by atoms with E-state index in [-0.39, 0.29) is 11.5 Å². The van der Waals surface area contributed by atoms with Crippen molar-refractivity contribution in [3.05, 3.63) is 69.2 Å². The first-order valence-electron chi connectivity index (χ1n) is 11.8. The van der Waals surface area contributed by atoms with Gasteiger partial charge in [0, 0.05) is 57.1 Å². The number of pyridine rings is 1. The summed E-state index contributed by atoms with van der Waals surface area (Å²) in [6, 6.07) is 7.15. The number of fused-ring (bicyclic) bond motifs is 1. The van der Waals surface area contributed by atoms with Crippen LogP contribution in [0.2, 0.25) is 0 Å². The van der Waals surface area contributed by atoms with Crippen LogP contribution in [0.5, 0.6) is 0 Å². The van der Waals surface area contributed by atoms with E-state index in [0.717, 1.165) is 42.1 Å². The van der Waals surface area contributed by atoms with Gasteiger partial charge in [-0.05, 0) is 50.5 Å². The van der Waals surface area contributed by atoms with Gasteiger partial charge >= 0.3 is 0 Å². The number of H-pyrrole nitrogens is 1. The van der Waals surface area contributed by atoms with Crippen LogP contribution in [0.3, 0.4) is 0 Å². The van der Waals surface area contributed by atoms with E-state index < -0.39 is 0 Å². The number of nitrogens with zero attached hydrogens (tertiary/aromatic N) is 8. The summed E-state index contributed by atoms with van der Waals surface area (Å²) in [4.78, 5) is 31.1. The Morgan fingerprint density at radius 1 is 1.00 bits per heavy atom. The standard InChI is InChI=1S/C24H29N9O2/c1-16-20(17(2)32(28-16)22-7-6-21-27-26-18(3)33(21)29-22)5-9-24(35)31-12-10-30(11-13-31)15-19-4-8-23(34)25-14-19/h4,6-8,14H,5,9-13,15H2,1-3H3,(H,25,34). The zero-order valence-corrected chi connectivity index (χ0v) is 20.2. The minimum atomic E-state index is -0.0943. The van der Waals surface area contributed by atoms with Crippen LogP contribution in [0.1, 0.15) is 34.8 Å². The van der Waals surface area contributed by atoms with Gasteiger partial charge in [0.05, 0.1) is 5.69 Å². The summed E-state index contributed by atoms with van der Waals surface area (Å²) in [5.74, 6) is 1.57. The van der Waals surface area contributed by atoms with Crippen molar-refractivity contribution in [3.8, 4) is 5.82 Å². The lowest BCUT2D eigenvalue weighted by molar-refractivity contribution is -0.133. The van der Waals surface area contributed by atoms with Crippen LogP contribution < -0.4 is 5.56 Å². The second-order valence-corrected chi connectivity index (χ2v) is 8.99. The molecule has 11 nitrogen and oxygen atoms in total. The number of carbonyl (C=O) groups is 1. The zero-order chi connectivity index (χ0) is 24.5. The molecule has 0 radical (unpaired) electrons. The third kappa shape index (κ3) is 4.72. The van der Waals surface area contributed by atoms with E-state index in [1.54, 1.807) is 16.8 Å². The number of piperazine rings is 1. The summed E-state index contributed by atoms with van der Waals surface area (Å²) in [5.41, 5.74) is 4.64. The number of aryl methyl sites for hydroxylation is 2. The van der Waals surface area contributed by atoms with E-state index in [1.807, 2.05) is 48.6 Å². The predicted octanol–water partition coefficient (Wildman–Crippen LogP) is 1.20. The molecule has 0 bridgehead atoms. The van der Waals surface area contributed by atoms with Crippen LogP contribution in [0.4, 0.5) is 0 Å². The summed E-state index contributed by atoms with van der Waals surface area (Å²) >= 11 is 0. The Morgan fingerprint density at radius 2 is 1.80 bits per heavy atom. The fraction of sp³-hybridized carbons (Fsp3) is 0.417. The minimum Gasteiger partial charge on any atom is -0.340 e. The maximum Gasteiger partial charge on any atom is 0.247 e. The molecule has 1 aliphatic rings. The Bertz CT molecular complexity index is 1410. The Morgan fingerprint density at radius 3 is 2.54 bits per heavy atom. The number of nitrogens with one attached hydrogen (secondary N) is 1. The SMILES string of the molecule is Cc1nn(-c2ccc3nnc(C)n3n2)c(C)c1CCC(=O)N1CCN(Cc2ccc(=O)[nH]c2)CC1. The van der Waals surface area contributed by atoms with E-state index in [9.17, 15) is 9.59 Å². The molecule has 1 aliphatic heterocycles. The highest BCUT2D eigenvalue weighted by molar-refractivity contribution is 5.76. The lowest BCUT2D eigenvalue weighted by atomic mass is 10.1. The van der Waals surface area contributed by atoms with Crippen molar-refractivity contribution in [1.82, 2.24) is 44.4 Å². The maximum absolute atomic E-state index is 12.9. The number of carbonyl (C=O) groups excluding carboxylic acids is 1. The quantitative estimate of drug-likeness (QED) is 0.445. The molecule has 0 aromatic carbocycles. The molecule has 0 saturated carbocycles. The van der Waals surface area contributed by atoms with E-state index in [2.05, 4.69) is 25.2 Å². The van der Waals surface area contributed by atoms with Crippen molar-refractivity contribution in [1.29, 1.82) is 0 Å². The van der Waals surface area contributed by atoms with Gasteiger partial charge in [0.2, 0.25) is 11.5 Å². The third-order valence-electron chi connectivity index (χ3n) is 6.63. The van der Waals surface area contributed by atoms with Crippen LogP contribution in [0.15, 0.2) is 35.3 Å². The molecule has 0 aliphatic carbocycles. The van der Waals surface area contributed by atoms with Gasteiger partial charge in [-0.25, -0.2) is 4.68 Å². The highest BCUT2D eigenvalue weighted by Gasteiger charge is 2.22.